The van der Waals surface area contributed by atoms with E-state index in [0.717, 1.165) is 27.4 Å². The van der Waals surface area contributed by atoms with E-state index in [1.54, 1.807) is 0 Å². The Hall–Kier alpha value is -1.80. The van der Waals surface area contributed by atoms with Crippen molar-refractivity contribution in [3.8, 4) is 0 Å². The Morgan fingerprint density at radius 2 is 1.94 bits per heavy atom. The third kappa shape index (κ3) is 1.70. The van der Waals surface area contributed by atoms with Crippen LogP contribution in [0.25, 0.3) is 0 Å². The molecule has 2 nitrogen and oxygen atoms in total. The summed E-state index contributed by atoms with van der Waals surface area (Å²) >= 11 is 6.02. The van der Waals surface area contributed by atoms with Gasteiger partial charge in [0.25, 0.3) is 0 Å². The van der Waals surface area contributed by atoms with Gasteiger partial charge in [0.2, 0.25) is 5.91 Å². The summed E-state index contributed by atoms with van der Waals surface area (Å²) < 4.78 is 0. The highest BCUT2D eigenvalue weighted by molar-refractivity contribution is 6.31. The van der Waals surface area contributed by atoms with Crippen LogP contribution in [0.5, 0.6) is 0 Å². The van der Waals surface area contributed by atoms with Crippen molar-refractivity contribution in [3.05, 3.63) is 64.2 Å². The smallest absolute Gasteiger partial charge is 0.236 e. The minimum absolute atomic E-state index is 0.0259. The van der Waals surface area contributed by atoms with E-state index in [4.69, 9.17) is 11.6 Å². The van der Waals surface area contributed by atoms with E-state index in [0.29, 0.717) is 0 Å². The van der Waals surface area contributed by atoms with Crippen molar-refractivity contribution in [2.75, 3.05) is 5.32 Å². The molecule has 1 amide bonds. The fourth-order valence-corrected chi connectivity index (χ4v) is 2.50. The zero-order chi connectivity index (χ0) is 12.7. The molecule has 1 aliphatic heterocycles. The molecule has 0 aromatic heterocycles. The second kappa shape index (κ2) is 4.14. The molecule has 0 aliphatic carbocycles. The first-order valence-electron chi connectivity index (χ1n) is 5.82. The van der Waals surface area contributed by atoms with E-state index in [2.05, 4.69) is 5.32 Å². The molecule has 1 unspecified atom stereocenters. The molecule has 0 saturated heterocycles. The molecule has 1 N–H and O–H groups in total. The lowest BCUT2D eigenvalue weighted by Gasteiger charge is -2.10. The second-order valence-corrected chi connectivity index (χ2v) is 4.93. The highest BCUT2D eigenvalue weighted by Gasteiger charge is 2.31. The van der Waals surface area contributed by atoms with Gasteiger partial charge in [0.1, 0.15) is 0 Å². The topological polar surface area (TPSA) is 29.1 Å². The van der Waals surface area contributed by atoms with Gasteiger partial charge in [0.15, 0.2) is 0 Å². The van der Waals surface area contributed by atoms with Crippen LogP contribution in [-0.2, 0) is 4.79 Å². The Bertz CT molecular complexity index is 636. The van der Waals surface area contributed by atoms with Crippen molar-refractivity contribution in [3.63, 3.8) is 0 Å². The summed E-state index contributed by atoms with van der Waals surface area (Å²) in [6.07, 6.45) is 0. The number of benzene rings is 2. The zero-order valence-corrected chi connectivity index (χ0v) is 10.7. The first kappa shape index (κ1) is 11.3. The lowest BCUT2D eigenvalue weighted by Crippen LogP contribution is -2.13. The Balaban J connectivity index is 2.11. The number of hydrogen-bond donors (Lipinski definition) is 1. The van der Waals surface area contributed by atoms with E-state index >= 15 is 0 Å². The summed E-state index contributed by atoms with van der Waals surface area (Å²) in [5.41, 5.74) is 3.91. The molecule has 0 spiro atoms. The number of carbonyl (C=O) groups excluding carboxylic acids is 1. The lowest BCUT2D eigenvalue weighted by atomic mass is 9.92. The Morgan fingerprint density at radius 1 is 1.17 bits per heavy atom. The Morgan fingerprint density at radius 3 is 2.72 bits per heavy atom. The number of fused-ring (bicyclic) bond motifs is 1. The summed E-state index contributed by atoms with van der Waals surface area (Å²) in [6, 6.07) is 13.5. The van der Waals surface area contributed by atoms with Crippen LogP contribution in [0.2, 0.25) is 5.02 Å². The van der Waals surface area contributed by atoms with Crippen LogP contribution < -0.4 is 5.32 Å². The molecule has 2 aromatic rings. The van der Waals surface area contributed by atoms with Gasteiger partial charge in [-0.3, -0.25) is 4.79 Å². The first-order valence-corrected chi connectivity index (χ1v) is 6.20. The van der Waals surface area contributed by atoms with E-state index in [-0.39, 0.29) is 11.8 Å². The first-order chi connectivity index (χ1) is 8.66. The molecule has 90 valence electrons. The predicted molar refractivity (Wildman–Crippen MR) is 73.1 cm³/mol. The summed E-state index contributed by atoms with van der Waals surface area (Å²) in [4.78, 5) is 12.1. The number of amides is 1. The van der Waals surface area contributed by atoms with Crippen LogP contribution in [0, 0.1) is 6.92 Å². The van der Waals surface area contributed by atoms with Crippen molar-refractivity contribution >= 4 is 23.2 Å². The number of para-hydroxylation sites is 1. The number of halogens is 1. The fourth-order valence-electron chi connectivity index (χ4n) is 2.39. The van der Waals surface area contributed by atoms with Crippen LogP contribution >= 0.6 is 11.6 Å². The van der Waals surface area contributed by atoms with E-state index in [1.165, 1.54) is 0 Å². The molecular weight excluding hydrogens is 246 g/mol. The molecule has 1 heterocycles. The fraction of sp³-hybridized carbons (Fsp3) is 0.133. The Kier molecular flexibility index (Phi) is 2.60. The van der Waals surface area contributed by atoms with Crippen LogP contribution in [0.15, 0.2) is 42.5 Å². The highest BCUT2D eigenvalue weighted by Crippen LogP contribution is 2.37. The Labute approximate surface area is 111 Å². The number of rotatable bonds is 1. The summed E-state index contributed by atoms with van der Waals surface area (Å²) in [5, 5.41) is 3.64. The van der Waals surface area contributed by atoms with Gasteiger partial charge in [-0.25, -0.2) is 0 Å². The van der Waals surface area contributed by atoms with Crippen molar-refractivity contribution in [2.24, 2.45) is 0 Å². The number of aryl methyl sites for hydroxylation is 1. The van der Waals surface area contributed by atoms with Gasteiger partial charge in [-0.05, 0) is 35.7 Å². The second-order valence-electron chi connectivity index (χ2n) is 4.52. The summed E-state index contributed by atoms with van der Waals surface area (Å²) in [7, 11) is 0. The molecule has 0 radical (unpaired) electrons. The maximum absolute atomic E-state index is 12.1. The minimum Gasteiger partial charge on any atom is -0.325 e. The van der Waals surface area contributed by atoms with Crippen molar-refractivity contribution in [1.29, 1.82) is 0 Å². The molecule has 0 saturated carbocycles. The highest BCUT2D eigenvalue weighted by atomic mass is 35.5. The van der Waals surface area contributed by atoms with Gasteiger partial charge in [-0.2, -0.15) is 0 Å². The van der Waals surface area contributed by atoms with E-state index in [1.807, 2.05) is 49.4 Å². The molecular formula is C15H12ClNO. The van der Waals surface area contributed by atoms with E-state index < -0.39 is 0 Å². The molecule has 0 fully saturated rings. The van der Waals surface area contributed by atoms with Crippen LogP contribution in [0.3, 0.4) is 0 Å². The van der Waals surface area contributed by atoms with Gasteiger partial charge < -0.3 is 5.32 Å². The van der Waals surface area contributed by atoms with Crippen LogP contribution in [-0.4, -0.2) is 5.91 Å². The monoisotopic (exact) mass is 257 g/mol. The van der Waals surface area contributed by atoms with Gasteiger partial charge in [0, 0.05) is 10.7 Å². The molecule has 3 rings (SSSR count). The SMILES string of the molecule is Cc1cc(C2C(=O)Nc3ccccc32)ccc1Cl. The van der Waals surface area contributed by atoms with Crippen molar-refractivity contribution in [1.82, 2.24) is 0 Å². The molecule has 1 aliphatic rings. The lowest BCUT2D eigenvalue weighted by molar-refractivity contribution is -0.116. The van der Waals surface area contributed by atoms with Gasteiger partial charge in [-0.15, -0.1) is 0 Å². The van der Waals surface area contributed by atoms with E-state index in [9.17, 15) is 4.79 Å². The zero-order valence-electron chi connectivity index (χ0n) is 9.91. The molecule has 0 bridgehead atoms. The average Bonchev–Trinajstić information content (AvgIpc) is 2.69. The van der Waals surface area contributed by atoms with Gasteiger partial charge in [0.05, 0.1) is 5.92 Å². The summed E-state index contributed by atoms with van der Waals surface area (Å²) in [5.74, 6) is -0.199. The number of nitrogens with one attached hydrogen (secondary N) is 1. The standard InChI is InChI=1S/C15H12ClNO/c1-9-8-10(6-7-12(9)16)14-11-4-2-3-5-13(11)17-15(14)18/h2-8,14H,1H3,(H,17,18). The van der Waals surface area contributed by atoms with Crippen molar-refractivity contribution in [2.45, 2.75) is 12.8 Å². The largest absolute Gasteiger partial charge is 0.325 e. The maximum atomic E-state index is 12.1. The van der Waals surface area contributed by atoms with Crippen LogP contribution in [0.4, 0.5) is 5.69 Å². The molecule has 1 atom stereocenters. The van der Waals surface area contributed by atoms with Crippen LogP contribution in [0.1, 0.15) is 22.6 Å². The average molecular weight is 258 g/mol. The third-order valence-electron chi connectivity index (χ3n) is 3.31. The van der Waals surface area contributed by atoms with Gasteiger partial charge >= 0.3 is 0 Å². The van der Waals surface area contributed by atoms with Crippen molar-refractivity contribution < 1.29 is 4.79 Å². The summed E-state index contributed by atoms with van der Waals surface area (Å²) in [6.45, 7) is 1.95. The molecule has 3 heteroatoms. The quantitative estimate of drug-likeness (QED) is 0.829. The predicted octanol–water partition coefficient (Wildman–Crippen LogP) is 3.73. The minimum atomic E-state index is -0.225. The normalized spacial score (nSPS) is 17.4. The molecule has 18 heavy (non-hydrogen) atoms. The maximum Gasteiger partial charge on any atom is 0.236 e. The number of hydrogen-bond acceptors (Lipinski definition) is 1. The van der Waals surface area contributed by atoms with Gasteiger partial charge in [-0.1, -0.05) is 41.9 Å². The third-order valence-corrected chi connectivity index (χ3v) is 3.73. The number of carbonyl (C=O) groups is 1. The molecule has 2 aromatic carbocycles. The number of anilines is 1.